The van der Waals surface area contributed by atoms with Crippen LogP contribution in [0.25, 0.3) is 0 Å². The standard InChI is InChI=1S/C18H29NO2.C17H27NO2/c1-4-5-6-7-8-9-10-11-16-12-14(2)18(20)17(13-16)15(3)19-21;1-3-4-5-6-7-8-9-10-15-11-14(2)17(19)16(12-15)13-18-20/h12-13,20-21H,4-11H2,1-3H3;11-13,19-20H,3-10H2,1-2H3/b19-15-;18-13-. The van der Waals surface area contributed by atoms with E-state index in [0.717, 1.165) is 24.0 Å². The van der Waals surface area contributed by atoms with Crippen LogP contribution in [0.5, 0.6) is 11.5 Å². The smallest absolute Gasteiger partial charge is 0.127 e. The van der Waals surface area contributed by atoms with Crippen LogP contribution in [-0.4, -0.2) is 32.6 Å². The molecule has 0 bridgehead atoms. The molecule has 0 heterocycles. The molecular weight excluding hydrogens is 512 g/mol. The third kappa shape index (κ3) is 14.4. The summed E-state index contributed by atoms with van der Waals surface area (Å²) in [6.45, 7) is 9.94. The van der Waals surface area contributed by atoms with Gasteiger partial charge >= 0.3 is 0 Å². The Morgan fingerprint density at radius 2 is 1.07 bits per heavy atom. The number of hydrogen-bond donors (Lipinski definition) is 4. The zero-order valence-electron chi connectivity index (χ0n) is 26.4. The van der Waals surface area contributed by atoms with Crippen molar-refractivity contribution in [2.45, 2.75) is 137 Å². The molecule has 2 rings (SSSR count). The minimum absolute atomic E-state index is 0.200. The van der Waals surface area contributed by atoms with Crippen molar-refractivity contribution < 1.29 is 20.6 Å². The van der Waals surface area contributed by atoms with Gasteiger partial charge in [0.15, 0.2) is 0 Å². The maximum Gasteiger partial charge on any atom is 0.127 e. The van der Waals surface area contributed by atoms with Crippen molar-refractivity contribution in [3.63, 3.8) is 0 Å². The maximum absolute atomic E-state index is 10.0. The van der Waals surface area contributed by atoms with Crippen LogP contribution in [0.2, 0.25) is 0 Å². The maximum atomic E-state index is 10.0. The number of phenols is 2. The lowest BCUT2D eigenvalue weighted by molar-refractivity contribution is 0.318. The molecule has 0 saturated carbocycles. The lowest BCUT2D eigenvalue weighted by Gasteiger charge is -2.10. The summed E-state index contributed by atoms with van der Waals surface area (Å²) >= 11 is 0. The quantitative estimate of drug-likeness (QED) is 0.0621. The Labute approximate surface area is 249 Å². The number of hydrogen-bond acceptors (Lipinski definition) is 6. The predicted octanol–water partition coefficient (Wildman–Crippen LogP) is 9.99. The van der Waals surface area contributed by atoms with Crippen LogP contribution in [-0.2, 0) is 12.8 Å². The summed E-state index contributed by atoms with van der Waals surface area (Å²) in [7, 11) is 0. The Balaban J connectivity index is 0.000000410. The third-order valence-electron chi connectivity index (χ3n) is 7.62. The average molecular weight is 569 g/mol. The Kier molecular flexibility index (Phi) is 19.0. The molecule has 0 spiro atoms. The van der Waals surface area contributed by atoms with E-state index < -0.39 is 0 Å². The van der Waals surface area contributed by atoms with E-state index >= 15 is 0 Å². The molecule has 2 aromatic rings. The summed E-state index contributed by atoms with van der Waals surface area (Å²) in [5.41, 5.74) is 5.76. The van der Waals surface area contributed by atoms with Gasteiger partial charge in [0.1, 0.15) is 11.5 Å². The van der Waals surface area contributed by atoms with Crippen LogP contribution in [0, 0.1) is 13.8 Å². The molecule has 2 aromatic carbocycles. The molecule has 0 aliphatic carbocycles. The lowest BCUT2D eigenvalue weighted by Crippen LogP contribution is -1.99. The summed E-state index contributed by atoms with van der Waals surface area (Å²) < 4.78 is 0. The largest absolute Gasteiger partial charge is 0.507 e. The van der Waals surface area contributed by atoms with Gasteiger partial charge in [0.25, 0.3) is 0 Å². The van der Waals surface area contributed by atoms with Crippen LogP contribution < -0.4 is 0 Å². The zero-order chi connectivity index (χ0) is 30.5. The van der Waals surface area contributed by atoms with Crippen molar-refractivity contribution in [1.82, 2.24) is 0 Å². The van der Waals surface area contributed by atoms with Gasteiger partial charge in [-0.15, -0.1) is 0 Å². The van der Waals surface area contributed by atoms with Gasteiger partial charge in [0, 0.05) is 11.1 Å². The molecule has 6 heteroatoms. The molecule has 0 aromatic heterocycles. The second kappa shape index (κ2) is 21.7. The Bertz CT molecular complexity index is 1060. The first-order valence-electron chi connectivity index (χ1n) is 15.8. The summed E-state index contributed by atoms with van der Waals surface area (Å²) in [5.74, 6) is 0.416. The molecule has 0 aliphatic rings. The van der Waals surface area contributed by atoms with E-state index in [4.69, 9.17) is 10.4 Å². The molecule has 230 valence electrons. The highest BCUT2D eigenvalue weighted by Gasteiger charge is 2.10. The fourth-order valence-electron chi connectivity index (χ4n) is 5.09. The summed E-state index contributed by atoms with van der Waals surface area (Å²) in [6, 6.07) is 7.88. The SMILES string of the molecule is CCCCCCCCCc1cc(C)c(O)c(/C(C)=N\O)c1.CCCCCCCCCc1cc(C)c(O)c(/C=N\O)c1. The normalized spacial score (nSPS) is 11.6. The Morgan fingerprint density at radius 1 is 0.634 bits per heavy atom. The van der Waals surface area contributed by atoms with Crippen molar-refractivity contribution in [1.29, 1.82) is 0 Å². The molecule has 0 amide bonds. The molecule has 0 atom stereocenters. The number of benzene rings is 2. The highest BCUT2D eigenvalue weighted by atomic mass is 16.4. The summed E-state index contributed by atoms with van der Waals surface area (Å²) in [4.78, 5) is 0. The van der Waals surface area contributed by atoms with Crippen molar-refractivity contribution in [3.05, 3.63) is 57.6 Å². The Hall–Kier alpha value is -3.02. The number of nitrogens with zero attached hydrogens (tertiary/aromatic N) is 2. The van der Waals surface area contributed by atoms with E-state index in [1.807, 2.05) is 38.1 Å². The van der Waals surface area contributed by atoms with Gasteiger partial charge in [-0.05, 0) is 80.8 Å². The van der Waals surface area contributed by atoms with Crippen molar-refractivity contribution in [2.24, 2.45) is 10.3 Å². The van der Waals surface area contributed by atoms with E-state index in [9.17, 15) is 10.2 Å². The first-order chi connectivity index (χ1) is 19.8. The zero-order valence-corrected chi connectivity index (χ0v) is 26.4. The third-order valence-corrected chi connectivity index (χ3v) is 7.62. The molecule has 0 fully saturated rings. The Morgan fingerprint density at radius 3 is 1.54 bits per heavy atom. The van der Waals surface area contributed by atoms with Gasteiger partial charge in [-0.3, -0.25) is 0 Å². The predicted molar refractivity (Wildman–Crippen MR) is 172 cm³/mol. The van der Waals surface area contributed by atoms with E-state index in [1.54, 1.807) is 6.92 Å². The number of phenolic OH excluding ortho intramolecular Hbond substituents is 2. The van der Waals surface area contributed by atoms with E-state index in [-0.39, 0.29) is 11.5 Å². The van der Waals surface area contributed by atoms with Crippen LogP contribution in [0.4, 0.5) is 0 Å². The van der Waals surface area contributed by atoms with Crippen LogP contribution in [0.1, 0.15) is 144 Å². The number of oxime groups is 2. The molecular formula is C35H56N2O4. The molecule has 0 aliphatic heterocycles. The highest BCUT2D eigenvalue weighted by molar-refractivity contribution is 6.01. The van der Waals surface area contributed by atoms with Crippen LogP contribution in [0.3, 0.4) is 0 Å². The minimum Gasteiger partial charge on any atom is -0.507 e. The molecule has 6 nitrogen and oxygen atoms in total. The van der Waals surface area contributed by atoms with E-state index in [0.29, 0.717) is 16.8 Å². The van der Waals surface area contributed by atoms with Crippen molar-refractivity contribution in [3.8, 4) is 11.5 Å². The van der Waals surface area contributed by atoms with Gasteiger partial charge < -0.3 is 20.6 Å². The van der Waals surface area contributed by atoms with E-state index in [2.05, 4.69) is 24.2 Å². The van der Waals surface area contributed by atoms with Gasteiger partial charge in [-0.1, -0.05) is 113 Å². The lowest BCUT2D eigenvalue weighted by atomic mass is 9.98. The van der Waals surface area contributed by atoms with Crippen molar-refractivity contribution in [2.75, 3.05) is 0 Å². The molecule has 0 radical (unpaired) electrons. The minimum atomic E-state index is 0.200. The topological polar surface area (TPSA) is 106 Å². The fraction of sp³-hybridized carbons (Fsp3) is 0.600. The molecule has 0 saturated heterocycles. The van der Waals surface area contributed by atoms with Gasteiger partial charge in [0.2, 0.25) is 0 Å². The second-order valence-electron chi connectivity index (χ2n) is 11.3. The van der Waals surface area contributed by atoms with Crippen molar-refractivity contribution >= 4 is 11.9 Å². The summed E-state index contributed by atoms with van der Waals surface area (Å²) in [5, 5.41) is 43.6. The first-order valence-corrected chi connectivity index (χ1v) is 15.8. The average Bonchev–Trinajstić information content (AvgIpc) is 2.96. The van der Waals surface area contributed by atoms with Gasteiger partial charge in [-0.25, -0.2) is 0 Å². The molecule has 41 heavy (non-hydrogen) atoms. The highest BCUT2D eigenvalue weighted by Crippen LogP contribution is 2.26. The first kappa shape index (κ1) is 36.0. The number of rotatable bonds is 18. The van der Waals surface area contributed by atoms with Gasteiger partial charge in [0.05, 0.1) is 11.9 Å². The number of unbranched alkanes of at least 4 members (excludes halogenated alkanes) is 12. The molecule has 4 N–H and O–H groups in total. The van der Waals surface area contributed by atoms with E-state index in [1.165, 1.54) is 107 Å². The fourth-order valence-corrected chi connectivity index (χ4v) is 5.09. The van der Waals surface area contributed by atoms with Gasteiger partial charge in [-0.2, -0.15) is 0 Å². The van der Waals surface area contributed by atoms with Crippen LogP contribution >= 0.6 is 0 Å². The molecule has 0 unspecified atom stereocenters. The summed E-state index contributed by atoms with van der Waals surface area (Å²) in [6.07, 6.45) is 21.5. The van der Waals surface area contributed by atoms with Crippen LogP contribution in [0.15, 0.2) is 34.6 Å². The number of aromatic hydroxyl groups is 2. The monoisotopic (exact) mass is 568 g/mol. The number of aryl methyl sites for hydroxylation is 4. The second-order valence-corrected chi connectivity index (χ2v) is 11.3.